The third kappa shape index (κ3) is 6.42. The first kappa shape index (κ1) is 20.5. The number of thioether (sulfide) groups is 1. The van der Waals surface area contributed by atoms with Crippen molar-refractivity contribution in [1.82, 2.24) is 5.32 Å². The minimum Gasteiger partial charge on any atom is -0.480 e. The van der Waals surface area contributed by atoms with E-state index in [1.165, 1.54) is 0 Å². The van der Waals surface area contributed by atoms with E-state index in [2.05, 4.69) is 5.32 Å². The van der Waals surface area contributed by atoms with E-state index in [1.54, 1.807) is 37.3 Å². The molecule has 2 aromatic carbocycles. The van der Waals surface area contributed by atoms with Crippen LogP contribution >= 0.6 is 11.8 Å². The molecule has 2 rings (SSSR count). The van der Waals surface area contributed by atoms with E-state index in [4.69, 9.17) is 5.11 Å². The van der Waals surface area contributed by atoms with Crippen LogP contribution < -0.4 is 5.32 Å². The van der Waals surface area contributed by atoms with Crippen molar-refractivity contribution < 1.29 is 19.5 Å². The van der Waals surface area contributed by atoms with Crippen molar-refractivity contribution in [1.29, 1.82) is 0 Å². The van der Waals surface area contributed by atoms with Crippen molar-refractivity contribution in [2.24, 2.45) is 0 Å². The minimum atomic E-state index is -1.09. The largest absolute Gasteiger partial charge is 0.480 e. The molecule has 140 valence electrons. The van der Waals surface area contributed by atoms with E-state index >= 15 is 0 Å². The van der Waals surface area contributed by atoms with E-state index in [-0.39, 0.29) is 17.3 Å². The van der Waals surface area contributed by atoms with Crippen molar-refractivity contribution >= 4 is 34.8 Å². The first-order valence-corrected chi connectivity index (χ1v) is 9.51. The second kappa shape index (κ2) is 10.3. The molecule has 0 saturated heterocycles. The van der Waals surface area contributed by atoms with Crippen LogP contribution in [0, 0.1) is 0 Å². The van der Waals surface area contributed by atoms with E-state index in [0.717, 1.165) is 17.3 Å². The summed E-state index contributed by atoms with van der Waals surface area (Å²) >= 11 is 1.01. The molecular formula is C21H21NO4S. The number of carbonyl (C=O) groups is 3. The molecule has 5 nitrogen and oxygen atoms in total. The normalized spacial score (nSPS) is 12.3. The van der Waals surface area contributed by atoms with Crippen LogP contribution in [0.3, 0.4) is 0 Å². The Morgan fingerprint density at radius 2 is 1.63 bits per heavy atom. The van der Waals surface area contributed by atoms with Gasteiger partial charge in [0.1, 0.15) is 6.04 Å². The van der Waals surface area contributed by atoms with E-state index in [1.807, 2.05) is 36.4 Å². The van der Waals surface area contributed by atoms with Gasteiger partial charge in [0, 0.05) is 16.9 Å². The van der Waals surface area contributed by atoms with Gasteiger partial charge in [-0.3, -0.25) is 9.59 Å². The lowest BCUT2D eigenvalue weighted by atomic mass is 10.1. The summed E-state index contributed by atoms with van der Waals surface area (Å²) in [5.74, 6) is -1.43. The molecule has 0 aliphatic carbocycles. The predicted molar refractivity (Wildman–Crippen MR) is 108 cm³/mol. The van der Waals surface area contributed by atoms with Gasteiger partial charge in [0.15, 0.2) is 0 Å². The van der Waals surface area contributed by atoms with Crippen molar-refractivity contribution in [3.63, 3.8) is 0 Å². The maximum atomic E-state index is 12.6. The van der Waals surface area contributed by atoms with Crippen molar-refractivity contribution in [2.45, 2.75) is 19.4 Å². The van der Waals surface area contributed by atoms with Gasteiger partial charge in [-0.1, -0.05) is 79.3 Å². The van der Waals surface area contributed by atoms with E-state index in [0.29, 0.717) is 11.1 Å². The molecule has 6 heteroatoms. The number of carbonyl (C=O) groups excluding carboxylic acids is 2. The molecule has 1 amide bonds. The summed E-state index contributed by atoms with van der Waals surface area (Å²) in [6.07, 6.45) is 1.95. The molecule has 0 radical (unpaired) electrons. The van der Waals surface area contributed by atoms with Crippen LogP contribution in [0.1, 0.15) is 29.3 Å². The fraction of sp³-hybridized carbons (Fsp3) is 0.190. The number of rotatable bonds is 8. The van der Waals surface area contributed by atoms with Crippen LogP contribution in [0.4, 0.5) is 0 Å². The molecule has 0 aliphatic heterocycles. The lowest BCUT2D eigenvalue weighted by Gasteiger charge is -2.14. The number of carboxylic acid groups (broad SMARTS) is 1. The van der Waals surface area contributed by atoms with E-state index in [9.17, 15) is 14.4 Å². The van der Waals surface area contributed by atoms with Gasteiger partial charge in [-0.15, -0.1) is 0 Å². The highest BCUT2D eigenvalue weighted by Crippen LogP contribution is 2.18. The summed E-state index contributed by atoms with van der Waals surface area (Å²) < 4.78 is 0. The zero-order valence-electron chi connectivity index (χ0n) is 14.9. The Hall–Kier alpha value is -2.86. The van der Waals surface area contributed by atoms with Gasteiger partial charge >= 0.3 is 5.97 Å². The maximum Gasteiger partial charge on any atom is 0.326 e. The lowest BCUT2D eigenvalue weighted by molar-refractivity contribution is -0.141. The fourth-order valence-corrected chi connectivity index (χ4v) is 3.12. The number of aliphatic carboxylic acids is 1. The Morgan fingerprint density at radius 1 is 1.04 bits per heavy atom. The van der Waals surface area contributed by atoms with Gasteiger partial charge in [0.05, 0.1) is 0 Å². The Bertz CT molecular complexity index is 819. The lowest BCUT2D eigenvalue weighted by Crippen LogP contribution is -2.41. The van der Waals surface area contributed by atoms with Gasteiger partial charge < -0.3 is 10.4 Å². The Kier molecular flexibility index (Phi) is 7.82. The summed E-state index contributed by atoms with van der Waals surface area (Å²) in [7, 11) is 0. The summed E-state index contributed by atoms with van der Waals surface area (Å²) in [6.45, 7) is 1.69. The van der Waals surface area contributed by atoms with Gasteiger partial charge in [-0.05, 0) is 18.1 Å². The predicted octanol–water partition coefficient (Wildman–Crippen LogP) is 3.62. The third-order valence-electron chi connectivity index (χ3n) is 3.81. The third-order valence-corrected chi connectivity index (χ3v) is 4.77. The first-order valence-electron chi connectivity index (χ1n) is 8.52. The second-order valence-electron chi connectivity index (χ2n) is 5.79. The van der Waals surface area contributed by atoms with Crippen molar-refractivity contribution in [3.05, 3.63) is 77.4 Å². The van der Waals surface area contributed by atoms with Gasteiger partial charge in [0.2, 0.25) is 11.0 Å². The smallest absolute Gasteiger partial charge is 0.326 e. The molecule has 0 aromatic heterocycles. The summed E-state index contributed by atoms with van der Waals surface area (Å²) in [6, 6.07) is 17.1. The Labute approximate surface area is 162 Å². The van der Waals surface area contributed by atoms with E-state index < -0.39 is 17.9 Å². The molecule has 1 atom stereocenters. The topological polar surface area (TPSA) is 83.5 Å². The molecule has 0 unspecified atom stereocenters. The monoisotopic (exact) mass is 383 g/mol. The summed E-state index contributed by atoms with van der Waals surface area (Å²) in [4.78, 5) is 36.1. The molecule has 0 saturated carbocycles. The van der Waals surface area contributed by atoms with Crippen LogP contribution in [0.15, 0.2) is 66.2 Å². The zero-order valence-corrected chi connectivity index (χ0v) is 15.7. The number of amides is 1. The average molecular weight is 383 g/mol. The molecule has 27 heavy (non-hydrogen) atoms. The Balaban J connectivity index is 2.17. The second-order valence-corrected chi connectivity index (χ2v) is 6.74. The van der Waals surface area contributed by atoms with Crippen LogP contribution in [-0.2, 0) is 9.59 Å². The van der Waals surface area contributed by atoms with Crippen LogP contribution in [0.2, 0.25) is 0 Å². The zero-order chi connectivity index (χ0) is 19.6. The molecule has 2 aromatic rings. The molecule has 0 bridgehead atoms. The minimum absolute atomic E-state index is 0.143. The van der Waals surface area contributed by atoms with Crippen molar-refractivity contribution in [2.75, 3.05) is 5.75 Å². The molecule has 0 spiro atoms. The average Bonchev–Trinajstić information content (AvgIpc) is 2.70. The SMILES string of the molecule is CC[C@H](NC(=O)/C(=C\c1ccccc1)CSC(=O)c1ccccc1)C(=O)O. The van der Waals surface area contributed by atoms with Crippen molar-refractivity contribution in [3.8, 4) is 0 Å². The first-order chi connectivity index (χ1) is 13.0. The number of hydrogen-bond acceptors (Lipinski definition) is 4. The Morgan fingerprint density at radius 3 is 2.19 bits per heavy atom. The van der Waals surface area contributed by atoms with Gasteiger partial charge in [-0.25, -0.2) is 4.79 Å². The van der Waals surface area contributed by atoms with Gasteiger partial charge in [0.25, 0.3) is 0 Å². The maximum absolute atomic E-state index is 12.6. The van der Waals surface area contributed by atoms with Gasteiger partial charge in [-0.2, -0.15) is 0 Å². The number of carboxylic acids is 1. The number of nitrogens with one attached hydrogen (secondary N) is 1. The molecule has 0 aliphatic rings. The fourth-order valence-electron chi connectivity index (χ4n) is 2.31. The highest BCUT2D eigenvalue weighted by Gasteiger charge is 2.21. The highest BCUT2D eigenvalue weighted by molar-refractivity contribution is 8.14. The van der Waals surface area contributed by atoms with Crippen LogP contribution in [0.5, 0.6) is 0 Å². The molecule has 0 fully saturated rings. The standard InChI is InChI=1S/C21H21NO4S/c1-2-18(20(24)25)22-19(23)17(13-15-9-5-3-6-10-15)14-27-21(26)16-11-7-4-8-12-16/h3-13,18H,2,14H2,1H3,(H,22,23)(H,24,25)/b17-13-/t18-/m0/s1. The number of hydrogen-bond donors (Lipinski definition) is 2. The molecule has 2 N–H and O–H groups in total. The highest BCUT2D eigenvalue weighted by atomic mass is 32.2. The van der Waals surface area contributed by atoms with Crippen LogP contribution in [0.25, 0.3) is 6.08 Å². The summed E-state index contributed by atoms with van der Waals surface area (Å²) in [5, 5.41) is 11.5. The molecular weight excluding hydrogens is 362 g/mol. The van der Waals surface area contributed by atoms with Crippen LogP contribution in [-0.4, -0.2) is 33.9 Å². The summed E-state index contributed by atoms with van der Waals surface area (Å²) in [5.41, 5.74) is 1.70. The quantitative estimate of drug-likeness (QED) is 0.680. The molecule has 0 heterocycles. The number of benzene rings is 2.